The summed E-state index contributed by atoms with van der Waals surface area (Å²) in [5, 5.41) is 1.22. The summed E-state index contributed by atoms with van der Waals surface area (Å²) in [6, 6.07) is 4.20. The molecule has 0 saturated carbocycles. The quantitative estimate of drug-likeness (QED) is 0.585. The van der Waals surface area contributed by atoms with E-state index in [9.17, 15) is 0 Å². The van der Waals surface area contributed by atoms with E-state index in [1.807, 2.05) is 24.0 Å². The summed E-state index contributed by atoms with van der Waals surface area (Å²) >= 11 is 1.86. The van der Waals surface area contributed by atoms with E-state index in [1.165, 1.54) is 16.3 Å². The van der Waals surface area contributed by atoms with Crippen molar-refractivity contribution in [3.63, 3.8) is 0 Å². The van der Waals surface area contributed by atoms with Gasteiger partial charge in [-0.1, -0.05) is 19.9 Å². The van der Waals surface area contributed by atoms with E-state index >= 15 is 0 Å². The van der Waals surface area contributed by atoms with Crippen molar-refractivity contribution in [2.24, 2.45) is 0 Å². The first-order chi connectivity index (χ1) is 5.20. The summed E-state index contributed by atoms with van der Waals surface area (Å²) in [5.41, 5.74) is 1.74. The Labute approximate surface area is 71.2 Å². The molecular formula is C9H11NS. The summed E-state index contributed by atoms with van der Waals surface area (Å²) in [6.07, 6.45) is 1.87. The Kier molecular flexibility index (Phi) is 1.46. The third-order valence-electron chi connectivity index (χ3n) is 2.07. The zero-order valence-corrected chi connectivity index (χ0v) is 7.61. The van der Waals surface area contributed by atoms with Gasteiger partial charge in [0.05, 0.1) is 5.03 Å². The van der Waals surface area contributed by atoms with Crippen LogP contribution in [0.4, 0.5) is 0 Å². The minimum Gasteiger partial charge on any atom is -0.250 e. The second kappa shape index (κ2) is 2.24. The lowest BCUT2D eigenvalue weighted by molar-refractivity contribution is 0.600. The molecule has 0 spiro atoms. The van der Waals surface area contributed by atoms with Gasteiger partial charge in [-0.05, 0) is 11.6 Å². The average molecular weight is 165 g/mol. The fraction of sp³-hybridized carbons (Fsp3) is 0.444. The summed E-state index contributed by atoms with van der Waals surface area (Å²) in [5.74, 6) is 1.17. The SMILES string of the molecule is CC1(C)CSc2ncccc21. The van der Waals surface area contributed by atoms with Gasteiger partial charge in [-0.3, -0.25) is 0 Å². The van der Waals surface area contributed by atoms with Crippen LogP contribution in [0.5, 0.6) is 0 Å². The highest BCUT2D eigenvalue weighted by molar-refractivity contribution is 7.99. The molecule has 1 aromatic heterocycles. The molecule has 0 bridgehead atoms. The first kappa shape index (κ1) is 7.17. The molecule has 1 aromatic rings. The maximum absolute atomic E-state index is 4.32. The molecule has 0 unspecified atom stereocenters. The minimum atomic E-state index is 0.328. The lowest BCUT2D eigenvalue weighted by Crippen LogP contribution is -2.15. The molecule has 0 N–H and O–H groups in total. The molecule has 1 aliphatic rings. The highest BCUT2D eigenvalue weighted by Crippen LogP contribution is 2.41. The molecule has 0 saturated heterocycles. The molecule has 1 aliphatic heterocycles. The van der Waals surface area contributed by atoms with Crippen molar-refractivity contribution < 1.29 is 0 Å². The van der Waals surface area contributed by atoms with Gasteiger partial charge >= 0.3 is 0 Å². The Balaban J connectivity index is 2.56. The van der Waals surface area contributed by atoms with Gasteiger partial charge in [0.25, 0.3) is 0 Å². The normalized spacial score (nSPS) is 19.8. The molecule has 1 nitrogen and oxygen atoms in total. The van der Waals surface area contributed by atoms with Crippen LogP contribution in [0.25, 0.3) is 0 Å². The Morgan fingerprint density at radius 3 is 3.09 bits per heavy atom. The van der Waals surface area contributed by atoms with E-state index in [4.69, 9.17) is 0 Å². The lowest BCUT2D eigenvalue weighted by Gasteiger charge is -2.16. The van der Waals surface area contributed by atoms with Gasteiger partial charge in [0, 0.05) is 17.4 Å². The zero-order chi connectivity index (χ0) is 7.90. The van der Waals surface area contributed by atoms with Crippen LogP contribution in [0, 0.1) is 0 Å². The monoisotopic (exact) mass is 165 g/mol. The zero-order valence-electron chi connectivity index (χ0n) is 6.79. The molecule has 11 heavy (non-hydrogen) atoms. The van der Waals surface area contributed by atoms with Crippen molar-refractivity contribution in [1.82, 2.24) is 4.98 Å². The smallest absolute Gasteiger partial charge is 0.0997 e. The summed E-state index contributed by atoms with van der Waals surface area (Å²) in [7, 11) is 0. The van der Waals surface area contributed by atoms with Crippen molar-refractivity contribution in [2.75, 3.05) is 5.75 Å². The Morgan fingerprint density at radius 2 is 2.36 bits per heavy atom. The van der Waals surface area contributed by atoms with Crippen LogP contribution < -0.4 is 0 Å². The second-order valence-electron chi connectivity index (χ2n) is 3.53. The third-order valence-corrected chi connectivity index (χ3v) is 3.53. The van der Waals surface area contributed by atoms with Crippen molar-refractivity contribution in [3.8, 4) is 0 Å². The lowest BCUT2D eigenvalue weighted by atomic mass is 9.88. The van der Waals surface area contributed by atoms with Crippen LogP contribution in [-0.2, 0) is 5.41 Å². The van der Waals surface area contributed by atoms with Gasteiger partial charge in [-0.2, -0.15) is 0 Å². The molecule has 0 aliphatic carbocycles. The fourth-order valence-electron chi connectivity index (χ4n) is 1.35. The second-order valence-corrected chi connectivity index (χ2v) is 4.49. The predicted molar refractivity (Wildman–Crippen MR) is 48.0 cm³/mol. The highest BCUT2D eigenvalue weighted by atomic mass is 32.2. The Bertz CT molecular complexity index is 281. The highest BCUT2D eigenvalue weighted by Gasteiger charge is 2.30. The van der Waals surface area contributed by atoms with Gasteiger partial charge in [-0.25, -0.2) is 4.98 Å². The number of rotatable bonds is 0. The van der Waals surface area contributed by atoms with Crippen molar-refractivity contribution >= 4 is 11.8 Å². The van der Waals surface area contributed by atoms with Crippen LogP contribution in [0.3, 0.4) is 0 Å². The maximum atomic E-state index is 4.32. The van der Waals surface area contributed by atoms with E-state index in [2.05, 4.69) is 24.9 Å². The van der Waals surface area contributed by atoms with E-state index in [0.29, 0.717) is 5.41 Å². The van der Waals surface area contributed by atoms with Gasteiger partial charge in [0.1, 0.15) is 0 Å². The van der Waals surface area contributed by atoms with Crippen molar-refractivity contribution in [3.05, 3.63) is 23.9 Å². The predicted octanol–water partition coefficient (Wildman–Crippen LogP) is 2.46. The number of pyridine rings is 1. The third kappa shape index (κ3) is 1.06. The van der Waals surface area contributed by atoms with Crippen LogP contribution >= 0.6 is 11.8 Å². The Hall–Kier alpha value is -0.500. The molecule has 2 heteroatoms. The van der Waals surface area contributed by atoms with Crippen molar-refractivity contribution in [2.45, 2.75) is 24.3 Å². The van der Waals surface area contributed by atoms with Gasteiger partial charge in [-0.15, -0.1) is 11.8 Å². The van der Waals surface area contributed by atoms with Crippen LogP contribution in [0.1, 0.15) is 19.4 Å². The molecule has 2 heterocycles. The average Bonchev–Trinajstić information content (AvgIpc) is 2.29. The van der Waals surface area contributed by atoms with Gasteiger partial charge < -0.3 is 0 Å². The van der Waals surface area contributed by atoms with Crippen LogP contribution in [0.15, 0.2) is 23.4 Å². The number of aromatic nitrogens is 1. The molecular weight excluding hydrogens is 154 g/mol. The van der Waals surface area contributed by atoms with Gasteiger partial charge in [0.15, 0.2) is 0 Å². The first-order valence-electron chi connectivity index (χ1n) is 3.78. The fourth-order valence-corrected chi connectivity index (χ4v) is 2.64. The number of thioether (sulfide) groups is 1. The molecule has 0 amide bonds. The van der Waals surface area contributed by atoms with E-state index < -0.39 is 0 Å². The van der Waals surface area contributed by atoms with Crippen LogP contribution in [0.2, 0.25) is 0 Å². The Morgan fingerprint density at radius 1 is 1.55 bits per heavy atom. The van der Waals surface area contributed by atoms with Crippen LogP contribution in [-0.4, -0.2) is 10.7 Å². The maximum Gasteiger partial charge on any atom is 0.0997 e. The molecule has 58 valence electrons. The number of hydrogen-bond donors (Lipinski definition) is 0. The largest absolute Gasteiger partial charge is 0.250 e. The molecule has 0 aromatic carbocycles. The molecule has 0 fully saturated rings. The summed E-state index contributed by atoms with van der Waals surface area (Å²) in [6.45, 7) is 4.54. The summed E-state index contributed by atoms with van der Waals surface area (Å²) < 4.78 is 0. The first-order valence-corrected chi connectivity index (χ1v) is 4.77. The number of hydrogen-bond acceptors (Lipinski definition) is 2. The molecule has 0 atom stereocenters. The number of fused-ring (bicyclic) bond motifs is 1. The topological polar surface area (TPSA) is 12.9 Å². The molecule has 2 rings (SSSR count). The number of nitrogens with zero attached hydrogens (tertiary/aromatic N) is 1. The summed E-state index contributed by atoms with van der Waals surface area (Å²) in [4.78, 5) is 4.32. The van der Waals surface area contributed by atoms with E-state index in [-0.39, 0.29) is 0 Å². The van der Waals surface area contributed by atoms with E-state index in [1.54, 1.807) is 0 Å². The van der Waals surface area contributed by atoms with E-state index in [0.717, 1.165) is 0 Å². The van der Waals surface area contributed by atoms with Crippen molar-refractivity contribution in [1.29, 1.82) is 0 Å². The molecule has 0 radical (unpaired) electrons. The van der Waals surface area contributed by atoms with Gasteiger partial charge in [0.2, 0.25) is 0 Å². The minimum absolute atomic E-state index is 0.328. The standard InChI is InChI=1S/C9H11NS/c1-9(2)6-11-8-7(9)4-3-5-10-8/h3-5H,6H2,1-2H3.